The third-order valence-electron chi connectivity index (χ3n) is 4.09. The summed E-state index contributed by atoms with van der Waals surface area (Å²) in [6.07, 6.45) is 0. The highest BCUT2D eigenvalue weighted by molar-refractivity contribution is 6.30. The number of benzene rings is 2. The molecule has 0 saturated heterocycles. The molecule has 0 heterocycles. The van der Waals surface area contributed by atoms with E-state index in [2.05, 4.69) is 5.32 Å². The number of rotatable bonds is 6. The quantitative estimate of drug-likeness (QED) is 0.804. The van der Waals surface area contributed by atoms with Gasteiger partial charge in [-0.25, -0.2) is 8.78 Å². The fourth-order valence-corrected chi connectivity index (χ4v) is 2.88. The second-order valence-electron chi connectivity index (χ2n) is 6.62. The number of halogens is 3. The van der Waals surface area contributed by atoms with E-state index in [4.69, 9.17) is 11.6 Å². The minimum Gasteiger partial charge on any atom is -0.340 e. The summed E-state index contributed by atoms with van der Waals surface area (Å²) in [6, 6.07) is 9.30. The monoisotopic (exact) mass is 394 g/mol. The van der Waals surface area contributed by atoms with Gasteiger partial charge >= 0.3 is 0 Å². The summed E-state index contributed by atoms with van der Waals surface area (Å²) in [7, 11) is 1.59. The average Bonchev–Trinajstić information content (AvgIpc) is 2.58. The lowest BCUT2D eigenvalue weighted by molar-refractivity contribution is -0.133. The molecule has 1 N–H and O–H groups in total. The zero-order chi connectivity index (χ0) is 20.1. The number of carbonyl (C=O) groups excluding carboxylic acids is 2. The van der Waals surface area contributed by atoms with Gasteiger partial charge in [0, 0.05) is 18.6 Å². The summed E-state index contributed by atoms with van der Waals surface area (Å²) in [6.45, 7) is 3.77. The first-order chi connectivity index (χ1) is 12.7. The summed E-state index contributed by atoms with van der Waals surface area (Å²) >= 11 is 5.96. The maximum Gasteiger partial charge on any atom is 0.257 e. The molecule has 2 aromatic rings. The third kappa shape index (κ3) is 5.26. The molecule has 0 fully saturated rings. The maximum absolute atomic E-state index is 13.8. The maximum atomic E-state index is 13.8. The summed E-state index contributed by atoms with van der Waals surface area (Å²) in [5, 5.41) is 3.01. The Morgan fingerprint density at radius 3 is 2.26 bits per heavy atom. The lowest BCUT2D eigenvalue weighted by atomic mass is 10.0. The second kappa shape index (κ2) is 8.95. The first kappa shape index (κ1) is 20.8. The molecule has 4 nitrogen and oxygen atoms in total. The summed E-state index contributed by atoms with van der Waals surface area (Å²) in [5.74, 6) is -3.56. The average molecular weight is 395 g/mol. The smallest absolute Gasteiger partial charge is 0.257 e. The van der Waals surface area contributed by atoms with Gasteiger partial charge in [-0.3, -0.25) is 9.59 Å². The highest BCUT2D eigenvalue weighted by atomic mass is 35.5. The molecular formula is C20H21ClF2N2O2. The van der Waals surface area contributed by atoms with E-state index in [1.165, 1.54) is 11.0 Å². The van der Waals surface area contributed by atoms with Gasteiger partial charge in [0.15, 0.2) is 0 Å². The minimum absolute atomic E-state index is 0.280. The van der Waals surface area contributed by atoms with Crippen LogP contribution in [0.5, 0.6) is 0 Å². The molecule has 0 aliphatic heterocycles. The van der Waals surface area contributed by atoms with Crippen LogP contribution in [0, 0.1) is 17.6 Å². The number of hydrogen-bond donors (Lipinski definition) is 1. The Morgan fingerprint density at radius 1 is 1.11 bits per heavy atom. The molecule has 2 rings (SSSR count). The van der Waals surface area contributed by atoms with Crippen molar-refractivity contribution in [1.29, 1.82) is 0 Å². The van der Waals surface area contributed by atoms with E-state index in [0.717, 1.165) is 17.7 Å². The van der Waals surface area contributed by atoms with Crippen LogP contribution in [0.3, 0.4) is 0 Å². The predicted octanol–water partition coefficient (Wildman–Crippen LogP) is 4.03. The van der Waals surface area contributed by atoms with Crippen LogP contribution in [0.2, 0.25) is 5.02 Å². The standard InChI is InChI=1S/C20H21ClF2N2O2/c1-12(2)18(24-19(26)17-15(22)8-5-9-16(17)23)20(27)25(3)11-13-6-4-7-14(21)10-13/h4-10,12,18H,11H2,1-3H3,(H,24,26). The van der Waals surface area contributed by atoms with Crippen molar-refractivity contribution in [3.63, 3.8) is 0 Å². The number of hydrogen-bond acceptors (Lipinski definition) is 2. The second-order valence-corrected chi connectivity index (χ2v) is 7.05. The van der Waals surface area contributed by atoms with Crippen LogP contribution in [0.4, 0.5) is 8.78 Å². The fraction of sp³-hybridized carbons (Fsp3) is 0.300. The van der Waals surface area contributed by atoms with Crippen molar-refractivity contribution in [1.82, 2.24) is 10.2 Å². The van der Waals surface area contributed by atoms with Gasteiger partial charge in [-0.1, -0.05) is 43.6 Å². The van der Waals surface area contributed by atoms with E-state index in [-0.39, 0.29) is 18.4 Å². The number of nitrogens with one attached hydrogen (secondary N) is 1. The van der Waals surface area contributed by atoms with Gasteiger partial charge < -0.3 is 10.2 Å². The molecule has 0 bridgehead atoms. The minimum atomic E-state index is -0.977. The molecule has 0 saturated carbocycles. The molecule has 0 aliphatic rings. The van der Waals surface area contributed by atoms with Gasteiger partial charge in [-0.05, 0) is 35.7 Å². The summed E-state index contributed by atoms with van der Waals surface area (Å²) in [4.78, 5) is 26.6. The Kier molecular flexibility index (Phi) is 6.91. The lowest BCUT2D eigenvalue weighted by Crippen LogP contribution is -2.50. The van der Waals surface area contributed by atoms with Crippen LogP contribution in [0.1, 0.15) is 29.8 Å². The van der Waals surface area contributed by atoms with E-state index >= 15 is 0 Å². The van der Waals surface area contributed by atoms with Crippen LogP contribution < -0.4 is 5.32 Å². The molecule has 0 aromatic heterocycles. The highest BCUT2D eigenvalue weighted by Crippen LogP contribution is 2.16. The molecule has 7 heteroatoms. The topological polar surface area (TPSA) is 49.4 Å². The Balaban J connectivity index is 2.16. The number of nitrogens with zero attached hydrogens (tertiary/aromatic N) is 1. The van der Waals surface area contributed by atoms with Gasteiger partial charge in [-0.15, -0.1) is 0 Å². The molecule has 1 unspecified atom stereocenters. The van der Waals surface area contributed by atoms with Gasteiger partial charge in [0.25, 0.3) is 5.91 Å². The number of amides is 2. The van der Waals surface area contributed by atoms with Crippen molar-refractivity contribution in [3.05, 3.63) is 70.2 Å². The molecular weight excluding hydrogens is 374 g/mol. The SMILES string of the molecule is CC(C)C(NC(=O)c1c(F)cccc1F)C(=O)N(C)Cc1cccc(Cl)c1. The highest BCUT2D eigenvalue weighted by Gasteiger charge is 2.29. The van der Waals surface area contributed by atoms with Crippen LogP contribution in [-0.4, -0.2) is 29.8 Å². The van der Waals surface area contributed by atoms with Gasteiger partial charge in [0.05, 0.1) is 0 Å². The molecule has 2 aromatic carbocycles. The van der Waals surface area contributed by atoms with Gasteiger partial charge in [0.1, 0.15) is 23.2 Å². The molecule has 0 spiro atoms. The van der Waals surface area contributed by atoms with E-state index < -0.39 is 29.1 Å². The van der Waals surface area contributed by atoms with Crippen molar-refractivity contribution in [2.45, 2.75) is 26.4 Å². The third-order valence-corrected chi connectivity index (χ3v) is 4.33. The van der Waals surface area contributed by atoms with Crippen LogP contribution in [0.15, 0.2) is 42.5 Å². The Morgan fingerprint density at radius 2 is 1.70 bits per heavy atom. The molecule has 0 aliphatic carbocycles. The summed E-state index contributed by atoms with van der Waals surface area (Å²) < 4.78 is 27.7. The van der Waals surface area contributed by atoms with Crippen LogP contribution in [-0.2, 0) is 11.3 Å². The van der Waals surface area contributed by atoms with Crippen molar-refractivity contribution >= 4 is 23.4 Å². The van der Waals surface area contributed by atoms with E-state index in [9.17, 15) is 18.4 Å². The number of carbonyl (C=O) groups is 2. The van der Waals surface area contributed by atoms with Crippen molar-refractivity contribution in [2.75, 3.05) is 7.05 Å². The normalized spacial score (nSPS) is 12.0. The molecule has 144 valence electrons. The van der Waals surface area contributed by atoms with E-state index in [0.29, 0.717) is 5.02 Å². The van der Waals surface area contributed by atoms with Crippen LogP contribution >= 0.6 is 11.6 Å². The van der Waals surface area contributed by atoms with E-state index in [1.54, 1.807) is 39.1 Å². The Labute approximate surface area is 162 Å². The molecule has 2 amide bonds. The number of likely N-dealkylation sites (N-methyl/N-ethyl adjacent to an activating group) is 1. The lowest BCUT2D eigenvalue weighted by Gasteiger charge is -2.27. The first-order valence-electron chi connectivity index (χ1n) is 8.45. The fourth-order valence-electron chi connectivity index (χ4n) is 2.67. The molecule has 27 heavy (non-hydrogen) atoms. The molecule has 0 radical (unpaired) electrons. The Hall–Kier alpha value is -2.47. The summed E-state index contributed by atoms with van der Waals surface area (Å²) in [5.41, 5.74) is 0.126. The Bertz CT molecular complexity index is 822. The van der Waals surface area contributed by atoms with Gasteiger partial charge in [-0.2, -0.15) is 0 Å². The van der Waals surface area contributed by atoms with E-state index in [1.807, 2.05) is 6.07 Å². The largest absolute Gasteiger partial charge is 0.340 e. The van der Waals surface area contributed by atoms with Crippen molar-refractivity contribution in [2.24, 2.45) is 5.92 Å². The van der Waals surface area contributed by atoms with Crippen LogP contribution in [0.25, 0.3) is 0 Å². The predicted molar refractivity (Wildman–Crippen MR) is 100 cm³/mol. The zero-order valence-electron chi connectivity index (χ0n) is 15.3. The van der Waals surface area contributed by atoms with Crippen molar-refractivity contribution < 1.29 is 18.4 Å². The molecule has 1 atom stereocenters. The van der Waals surface area contributed by atoms with Gasteiger partial charge in [0.2, 0.25) is 5.91 Å². The van der Waals surface area contributed by atoms with Crippen molar-refractivity contribution in [3.8, 4) is 0 Å². The zero-order valence-corrected chi connectivity index (χ0v) is 16.1. The first-order valence-corrected chi connectivity index (χ1v) is 8.82.